The van der Waals surface area contributed by atoms with Gasteiger partial charge in [0.2, 0.25) is 0 Å². The van der Waals surface area contributed by atoms with Crippen LogP contribution in [0.15, 0.2) is 40.9 Å². The van der Waals surface area contributed by atoms with Gasteiger partial charge in [-0.3, -0.25) is 0 Å². The van der Waals surface area contributed by atoms with E-state index in [1.807, 2.05) is 0 Å². The maximum absolute atomic E-state index is 6.26. The molecule has 1 aliphatic rings. The molecule has 0 bridgehead atoms. The average Bonchev–Trinajstić information content (AvgIpc) is 2.92. The Hall–Kier alpha value is -1.28. The Morgan fingerprint density at radius 2 is 1.30 bits per heavy atom. The molecule has 0 radical (unpaired) electrons. The molecule has 27 heavy (non-hydrogen) atoms. The monoisotopic (exact) mass is 427 g/mol. The first kappa shape index (κ1) is 20.5. The highest BCUT2D eigenvalue weighted by Gasteiger charge is 2.42. The van der Waals surface area contributed by atoms with Gasteiger partial charge >= 0.3 is 0 Å². The average molecular weight is 428 g/mol. The Labute approximate surface area is 173 Å². The predicted octanol–water partition coefficient (Wildman–Crippen LogP) is 8.24. The molecule has 2 aromatic carbocycles. The normalized spacial score (nSPS) is 14.2. The Kier molecular flexibility index (Phi) is 7.03. The number of nitrogen functional groups attached to an aromatic ring is 1. The number of halogens is 1. The van der Waals surface area contributed by atoms with Crippen molar-refractivity contribution in [1.82, 2.24) is 0 Å². The third-order valence-corrected chi connectivity index (χ3v) is 6.75. The van der Waals surface area contributed by atoms with Gasteiger partial charge in [0.05, 0.1) is 0 Å². The summed E-state index contributed by atoms with van der Waals surface area (Å²) in [6.45, 7) is 4.58. The quantitative estimate of drug-likeness (QED) is 0.299. The van der Waals surface area contributed by atoms with E-state index in [0.29, 0.717) is 0 Å². The molecular weight excluding hydrogens is 394 g/mol. The standard InChI is InChI=1S/C25H34BrN/c1-3-5-7-9-15-25(16-10-8-6-4-2)23-17-19(26)11-13-21(23)22-14-12-20(27)18-24(22)25/h11-14,17-18H,3-10,15-16,27H2,1-2H3. The molecule has 0 atom stereocenters. The third kappa shape index (κ3) is 4.26. The smallest absolute Gasteiger partial charge is 0.0317 e. The Morgan fingerprint density at radius 1 is 0.741 bits per heavy atom. The van der Waals surface area contributed by atoms with Crippen LogP contribution in [0.1, 0.15) is 89.2 Å². The summed E-state index contributed by atoms with van der Waals surface area (Å²) in [5.41, 5.74) is 13.1. The van der Waals surface area contributed by atoms with Gasteiger partial charge in [-0.15, -0.1) is 0 Å². The largest absolute Gasteiger partial charge is 0.399 e. The number of hydrogen-bond donors (Lipinski definition) is 1. The van der Waals surface area contributed by atoms with E-state index >= 15 is 0 Å². The second kappa shape index (κ2) is 9.28. The molecule has 0 amide bonds. The zero-order valence-electron chi connectivity index (χ0n) is 17.0. The van der Waals surface area contributed by atoms with Gasteiger partial charge in [-0.05, 0) is 59.4 Å². The molecule has 2 aromatic rings. The summed E-state index contributed by atoms with van der Waals surface area (Å²) in [4.78, 5) is 0. The molecule has 0 aromatic heterocycles. The van der Waals surface area contributed by atoms with E-state index in [9.17, 15) is 0 Å². The highest BCUT2D eigenvalue weighted by atomic mass is 79.9. The maximum Gasteiger partial charge on any atom is 0.0317 e. The highest BCUT2D eigenvalue weighted by Crippen LogP contribution is 2.55. The SMILES string of the molecule is CCCCCCC1(CCCCCC)c2cc(N)ccc2-c2ccc(Br)cc21. The summed E-state index contributed by atoms with van der Waals surface area (Å²) in [5.74, 6) is 0. The van der Waals surface area contributed by atoms with E-state index in [0.717, 1.165) is 5.69 Å². The van der Waals surface area contributed by atoms with E-state index in [1.165, 1.54) is 90.9 Å². The van der Waals surface area contributed by atoms with E-state index in [2.05, 4.69) is 66.2 Å². The third-order valence-electron chi connectivity index (χ3n) is 6.26. The van der Waals surface area contributed by atoms with Gasteiger partial charge in [0, 0.05) is 15.6 Å². The van der Waals surface area contributed by atoms with Crippen LogP contribution in [-0.4, -0.2) is 0 Å². The van der Waals surface area contributed by atoms with Crippen molar-refractivity contribution >= 4 is 21.6 Å². The van der Waals surface area contributed by atoms with Crippen molar-refractivity contribution in [2.24, 2.45) is 0 Å². The van der Waals surface area contributed by atoms with E-state index in [4.69, 9.17) is 5.73 Å². The number of anilines is 1. The number of benzene rings is 2. The van der Waals surface area contributed by atoms with Gasteiger partial charge in [0.25, 0.3) is 0 Å². The van der Waals surface area contributed by atoms with E-state index < -0.39 is 0 Å². The van der Waals surface area contributed by atoms with Crippen molar-refractivity contribution in [3.8, 4) is 11.1 Å². The Balaban J connectivity index is 2.03. The Morgan fingerprint density at radius 3 is 1.89 bits per heavy atom. The van der Waals surface area contributed by atoms with Crippen LogP contribution in [0, 0.1) is 0 Å². The van der Waals surface area contributed by atoms with Crippen molar-refractivity contribution in [1.29, 1.82) is 0 Å². The van der Waals surface area contributed by atoms with Gasteiger partial charge in [-0.25, -0.2) is 0 Å². The lowest BCUT2D eigenvalue weighted by atomic mass is 9.70. The number of rotatable bonds is 10. The van der Waals surface area contributed by atoms with Gasteiger partial charge in [-0.1, -0.05) is 93.3 Å². The van der Waals surface area contributed by atoms with Gasteiger partial charge in [0.1, 0.15) is 0 Å². The summed E-state index contributed by atoms with van der Waals surface area (Å²) >= 11 is 3.74. The minimum absolute atomic E-state index is 0.130. The van der Waals surface area contributed by atoms with Crippen molar-refractivity contribution in [3.63, 3.8) is 0 Å². The number of hydrogen-bond acceptors (Lipinski definition) is 1. The van der Waals surface area contributed by atoms with Crippen molar-refractivity contribution in [2.45, 2.75) is 83.5 Å². The number of nitrogens with two attached hydrogens (primary N) is 1. The van der Waals surface area contributed by atoms with E-state index in [1.54, 1.807) is 0 Å². The molecule has 0 saturated heterocycles. The molecule has 1 aliphatic carbocycles. The van der Waals surface area contributed by atoms with E-state index in [-0.39, 0.29) is 5.41 Å². The highest BCUT2D eigenvalue weighted by molar-refractivity contribution is 9.10. The minimum atomic E-state index is 0.130. The molecule has 0 saturated carbocycles. The first-order valence-corrected chi connectivity index (χ1v) is 11.6. The summed E-state index contributed by atoms with van der Waals surface area (Å²) in [7, 11) is 0. The fraction of sp³-hybridized carbons (Fsp3) is 0.520. The summed E-state index contributed by atoms with van der Waals surface area (Å²) in [5, 5.41) is 0. The summed E-state index contributed by atoms with van der Waals surface area (Å²) in [6, 6.07) is 13.4. The lowest BCUT2D eigenvalue weighted by Gasteiger charge is -2.33. The lowest BCUT2D eigenvalue weighted by molar-refractivity contribution is 0.401. The fourth-order valence-corrected chi connectivity index (χ4v) is 5.22. The van der Waals surface area contributed by atoms with Crippen LogP contribution >= 0.6 is 15.9 Å². The molecule has 2 heteroatoms. The molecular formula is C25H34BrN. The van der Waals surface area contributed by atoms with Crippen LogP contribution in [0.4, 0.5) is 5.69 Å². The molecule has 146 valence electrons. The fourth-order valence-electron chi connectivity index (χ4n) is 4.86. The molecule has 3 rings (SSSR count). The lowest BCUT2D eigenvalue weighted by Crippen LogP contribution is -2.25. The predicted molar refractivity (Wildman–Crippen MR) is 122 cm³/mol. The first-order valence-electron chi connectivity index (χ1n) is 10.8. The molecule has 0 spiro atoms. The molecule has 2 N–H and O–H groups in total. The van der Waals surface area contributed by atoms with Gasteiger partial charge < -0.3 is 5.73 Å². The van der Waals surface area contributed by atoms with Crippen molar-refractivity contribution in [3.05, 3.63) is 52.0 Å². The Bertz CT molecular complexity index is 699. The minimum Gasteiger partial charge on any atom is -0.399 e. The molecule has 0 heterocycles. The van der Waals surface area contributed by atoms with Crippen LogP contribution in [0.3, 0.4) is 0 Å². The van der Waals surface area contributed by atoms with Gasteiger partial charge in [0.15, 0.2) is 0 Å². The van der Waals surface area contributed by atoms with Crippen LogP contribution in [-0.2, 0) is 5.41 Å². The molecule has 0 unspecified atom stereocenters. The molecule has 0 fully saturated rings. The second-order valence-electron chi connectivity index (χ2n) is 8.20. The van der Waals surface area contributed by atoms with Crippen LogP contribution < -0.4 is 5.73 Å². The number of fused-ring (bicyclic) bond motifs is 3. The summed E-state index contributed by atoms with van der Waals surface area (Å²) < 4.78 is 1.19. The van der Waals surface area contributed by atoms with Crippen molar-refractivity contribution < 1.29 is 0 Å². The van der Waals surface area contributed by atoms with Crippen LogP contribution in [0.25, 0.3) is 11.1 Å². The summed E-state index contributed by atoms with van der Waals surface area (Å²) in [6.07, 6.45) is 13.0. The maximum atomic E-state index is 6.26. The van der Waals surface area contributed by atoms with Crippen LogP contribution in [0.2, 0.25) is 0 Å². The number of unbranched alkanes of at least 4 members (excludes halogenated alkanes) is 6. The zero-order valence-corrected chi connectivity index (χ0v) is 18.6. The topological polar surface area (TPSA) is 26.0 Å². The van der Waals surface area contributed by atoms with Crippen molar-refractivity contribution in [2.75, 3.05) is 5.73 Å². The van der Waals surface area contributed by atoms with Gasteiger partial charge in [-0.2, -0.15) is 0 Å². The molecule has 0 aliphatic heterocycles. The molecule has 1 nitrogen and oxygen atoms in total. The zero-order chi connectivity index (χ0) is 19.3. The first-order chi connectivity index (χ1) is 13.1. The van der Waals surface area contributed by atoms with Crippen LogP contribution in [0.5, 0.6) is 0 Å². The second-order valence-corrected chi connectivity index (χ2v) is 9.11.